The number of aliphatic hydroxyl groups excluding tert-OH is 1. The zero-order valence-corrected chi connectivity index (χ0v) is 23.0. The number of hydrogen-bond donors (Lipinski definition) is 3. The molecule has 5 rings (SSSR count). The zero-order valence-electron chi connectivity index (χ0n) is 22.3. The smallest absolute Gasteiger partial charge is 0.323 e. The summed E-state index contributed by atoms with van der Waals surface area (Å²) in [7, 11) is 0. The maximum absolute atomic E-state index is 14.6. The Morgan fingerprint density at radius 2 is 1.93 bits per heavy atom. The zero-order chi connectivity index (χ0) is 28.9. The fourth-order valence-electron chi connectivity index (χ4n) is 5.01. The minimum Gasteiger partial charge on any atom is -0.487 e. The van der Waals surface area contributed by atoms with E-state index in [1.807, 2.05) is 24.3 Å². The van der Waals surface area contributed by atoms with Crippen molar-refractivity contribution in [3.63, 3.8) is 0 Å². The summed E-state index contributed by atoms with van der Waals surface area (Å²) in [5.74, 6) is -0.648. The molecule has 0 aliphatic heterocycles. The van der Waals surface area contributed by atoms with E-state index >= 15 is 0 Å². The Morgan fingerprint density at radius 1 is 1.12 bits per heavy atom. The van der Waals surface area contributed by atoms with Gasteiger partial charge < -0.3 is 19.7 Å². The first-order valence-corrected chi connectivity index (χ1v) is 13.6. The summed E-state index contributed by atoms with van der Waals surface area (Å²) in [5.41, 5.74) is 4.58. The number of aromatic nitrogens is 2. The summed E-state index contributed by atoms with van der Waals surface area (Å²) in [6.45, 7) is 1.58. The third-order valence-electron chi connectivity index (χ3n) is 7.03. The van der Waals surface area contributed by atoms with Crippen LogP contribution < -0.4 is 14.8 Å². The number of rotatable bonds is 11. The van der Waals surface area contributed by atoms with Crippen molar-refractivity contribution in [3.05, 3.63) is 106 Å². The van der Waals surface area contributed by atoms with Crippen LogP contribution in [0.1, 0.15) is 41.8 Å². The van der Waals surface area contributed by atoms with Crippen LogP contribution in [-0.2, 0) is 24.4 Å². The summed E-state index contributed by atoms with van der Waals surface area (Å²) in [4.78, 5) is 11.6. The number of nitrogens with zero attached hydrogens (tertiary/aromatic N) is 2. The predicted octanol–water partition coefficient (Wildman–Crippen LogP) is 5.51. The highest BCUT2D eigenvalue weighted by Crippen LogP contribution is 2.43. The number of nitrogens with one attached hydrogen (secondary N) is 1. The average molecular weight is 578 g/mol. The molecule has 0 amide bonds. The van der Waals surface area contributed by atoms with Gasteiger partial charge in [-0.05, 0) is 60.7 Å². The SMILES string of the molecule is C[C@@H](O)[C@H](NCc1cc(Cl)c(O[C@H]2CCc3c(-c4ccccc4F)cccc32)cc1OCc1cccnn1)C(=O)O. The second-order valence-electron chi connectivity index (χ2n) is 9.83. The molecule has 0 radical (unpaired) electrons. The van der Waals surface area contributed by atoms with Crippen molar-refractivity contribution in [1.82, 2.24) is 15.5 Å². The monoisotopic (exact) mass is 577 g/mol. The Balaban J connectivity index is 1.42. The second-order valence-corrected chi connectivity index (χ2v) is 10.2. The van der Waals surface area contributed by atoms with Gasteiger partial charge in [0.05, 0.1) is 11.1 Å². The maximum atomic E-state index is 14.6. The molecule has 41 heavy (non-hydrogen) atoms. The van der Waals surface area contributed by atoms with Crippen LogP contribution in [0, 0.1) is 5.82 Å². The lowest BCUT2D eigenvalue weighted by molar-refractivity contribution is -0.142. The highest BCUT2D eigenvalue weighted by Gasteiger charge is 2.29. The van der Waals surface area contributed by atoms with Crippen LogP contribution >= 0.6 is 11.6 Å². The van der Waals surface area contributed by atoms with E-state index in [-0.39, 0.29) is 25.1 Å². The van der Waals surface area contributed by atoms with Crippen LogP contribution in [0.2, 0.25) is 5.02 Å². The molecule has 1 aliphatic carbocycles. The third-order valence-corrected chi connectivity index (χ3v) is 7.32. The van der Waals surface area contributed by atoms with Crippen LogP contribution in [0.15, 0.2) is 72.9 Å². The number of benzene rings is 3. The lowest BCUT2D eigenvalue weighted by Crippen LogP contribution is -2.44. The Kier molecular flexibility index (Phi) is 8.78. The van der Waals surface area contributed by atoms with Crippen molar-refractivity contribution < 1.29 is 28.9 Å². The number of ether oxygens (including phenoxy) is 2. The highest BCUT2D eigenvalue weighted by atomic mass is 35.5. The summed E-state index contributed by atoms with van der Waals surface area (Å²) < 4.78 is 27.1. The molecule has 0 bridgehead atoms. The van der Waals surface area contributed by atoms with Crippen LogP contribution in [0.4, 0.5) is 4.39 Å². The molecule has 8 nitrogen and oxygen atoms in total. The van der Waals surface area contributed by atoms with Crippen LogP contribution in [0.5, 0.6) is 11.5 Å². The molecular weight excluding hydrogens is 549 g/mol. The first kappa shape index (κ1) is 28.5. The third kappa shape index (κ3) is 6.48. The number of carboxylic acids is 1. The number of aliphatic hydroxyl groups is 1. The Morgan fingerprint density at radius 3 is 2.66 bits per heavy atom. The summed E-state index contributed by atoms with van der Waals surface area (Å²) in [5, 5.41) is 30.4. The summed E-state index contributed by atoms with van der Waals surface area (Å²) in [6.07, 6.45) is 1.54. The number of carboxylic acid groups (broad SMARTS) is 1. The van der Waals surface area contributed by atoms with Gasteiger partial charge >= 0.3 is 5.97 Å². The van der Waals surface area contributed by atoms with Crippen molar-refractivity contribution in [3.8, 4) is 22.6 Å². The summed E-state index contributed by atoms with van der Waals surface area (Å²) in [6, 6.07) is 18.2. The molecule has 10 heteroatoms. The topological polar surface area (TPSA) is 114 Å². The Hall–Kier alpha value is -4.05. The molecule has 1 aromatic heterocycles. The molecule has 3 N–H and O–H groups in total. The Labute approximate surface area is 241 Å². The van der Waals surface area contributed by atoms with Gasteiger partial charge in [-0.1, -0.05) is 48.0 Å². The standard InChI is InChI=1S/C31H29ClFN3O5/c1-18(37)30(31(38)39)34-16-19-14-25(32)29(15-28(19)40-17-20-6-5-13-35-36-20)41-27-12-11-22-21(8-4-9-24(22)27)23-7-2-3-10-26(23)33/h2-10,13-15,18,27,30,34,37H,11-12,16-17H2,1H3,(H,38,39)/t18-,27+,30+/m1/s1. The van der Waals surface area contributed by atoms with Crippen LogP contribution in [0.25, 0.3) is 11.1 Å². The van der Waals surface area contributed by atoms with Gasteiger partial charge in [-0.25, -0.2) is 4.39 Å². The molecule has 0 spiro atoms. The molecule has 1 heterocycles. The molecule has 1 aliphatic rings. The first-order valence-electron chi connectivity index (χ1n) is 13.2. The molecule has 0 unspecified atom stereocenters. The molecule has 3 atom stereocenters. The minimum atomic E-state index is -1.18. The molecule has 0 fully saturated rings. The molecule has 4 aromatic rings. The van der Waals surface area contributed by atoms with E-state index in [1.165, 1.54) is 13.0 Å². The van der Waals surface area contributed by atoms with E-state index in [9.17, 15) is 19.4 Å². The van der Waals surface area contributed by atoms with Gasteiger partial charge in [0.1, 0.15) is 41.8 Å². The van der Waals surface area contributed by atoms with Crippen molar-refractivity contribution in [2.75, 3.05) is 0 Å². The fraction of sp³-hybridized carbons (Fsp3) is 0.258. The van der Waals surface area contributed by atoms with Crippen molar-refractivity contribution in [2.24, 2.45) is 0 Å². The Bertz CT molecular complexity index is 1540. The van der Waals surface area contributed by atoms with E-state index in [0.29, 0.717) is 39.8 Å². The second kappa shape index (κ2) is 12.6. The van der Waals surface area contributed by atoms with E-state index in [4.69, 9.17) is 21.1 Å². The van der Waals surface area contributed by atoms with Crippen molar-refractivity contribution in [1.29, 1.82) is 0 Å². The molecular formula is C31H29ClFN3O5. The van der Waals surface area contributed by atoms with Crippen LogP contribution in [-0.4, -0.2) is 38.5 Å². The fourth-order valence-corrected chi connectivity index (χ4v) is 5.24. The van der Waals surface area contributed by atoms with Crippen molar-refractivity contribution >= 4 is 17.6 Å². The van der Waals surface area contributed by atoms with Gasteiger partial charge in [0.15, 0.2) is 0 Å². The molecule has 0 saturated carbocycles. The van der Waals surface area contributed by atoms with Gasteiger partial charge in [0.2, 0.25) is 0 Å². The minimum absolute atomic E-state index is 0.0654. The van der Waals surface area contributed by atoms with Crippen LogP contribution in [0.3, 0.4) is 0 Å². The van der Waals surface area contributed by atoms with E-state index in [1.54, 1.807) is 42.6 Å². The van der Waals surface area contributed by atoms with E-state index in [2.05, 4.69) is 15.5 Å². The number of aliphatic carboxylic acids is 1. The van der Waals surface area contributed by atoms with Gasteiger partial charge in [0.25, 0.3) is 0 Å². The van der Waals surface area contributed by atoms with Gasteiger partial charge in [-0.3, -0.25) is 10.1 Å². The largest absolute Gasteiger partial charge is 0.487 e. The van der Waals surface area contributed by atoms with Crippen molar-refractivity contribution in [2.45, 2.75) is 51.2 Å². The first-order chi connectivity index (χ1) is 19.8. The number of halogens is 2. The summed E-state index contributed by atoms with van der Waals surface area (Å²) >= 11 is 6.67. The highest BCUT2D eigenvalue weighted by molar-refractivity contribution is 6.32. The average Bonchev–Trinajstić information content (AvgIpc) is 3.37. The maximum Gasteiger partial charge on any atom is 0.323 e. The predicted molar refractivity (Wildman–Crippen MR) is 151 cm³/mol. The van der Waals surface area contributed by atoms with E-state index in [0.717, 1.165) is 23.1 Å². The van der Waals surface area contributed by atoms with Gasteiger partial charge in [-0.15, -0.1) is 0 Å². The van der Waals surface area contributed by atoms with E-state index < -0.39 is 18.1 Å². The molecule has 3 aromatic carbocycles. The lowest BCUT2D eigenvalue weighted by atomic mass is 9.96. The lowest BCUT2D eigenvalue weighted by Gasteiger charge is -2.21. The quantitative estimate of drug-likeness (QED) is 0.214. The normalized spacial score (nSPS) is 15.7. The van der Waals surface area contributed by atoms with Gasteiger partial charge in [-0.2, -0.15) is 10.2 Å². The molecule has 212 valence electrons. The molecule has 0 saturated heterocycles. The number of carbonyl (C=O) groups is 1. The van der Waals surface area contributed by atoms with Gasteiger partial charge in [0, 0.05) is 29.9 Å². The number of fused-ring (bicyclic) bond motifs is 1. The number of hydrogen-bond acceptors (Lipinski definition) is 7.